The van der Waals surface area contributed by atoms with Crippen molar-refractivity contribution in [3.05, 3.63) is 11.6 Å². The van der Waals surface area contributed by atoms with Crippen LogP contribution in [0.5, 0.6) is 0 Å². The Morgan fingerprint density at radius 3 is 2.64 bits per heavy atom. The van der Waals surface area contributed by atoms with Gasteiger partial charge in [-0.05, 0) is 68.1 Å². The highest BCUT2D eigenvalue weighted by Gasteiger charge is 2.69. The van der Waals surface area contributed by atoms with E-state index in [1.54, 1.807) is 5.57 Å². The maximum absolute atomic E-state index is 11.4. The minimum atomic E-state index is -0.128. The van der Waals surface area contributed by atoms with Crippen LogP contribution in [0.2, 0.25) is 0 Å². The average Bonchev–Trinajstić information content (AvgIpc) is 3.29. The lowest BCUT2D eigenvalue weighted by molar-refractivity contribution is -0.148. The SMILES string of the molecule is CC(=O)OC1CC[C@@]2(C)C(=CC[C@@H]3[C@@H]2CC[C@@]2(C)[C@H]3CCC23CO3)C1. The predicted octanol–water partition coefficient (Wildman–Crippen LogP) is 4.65. The zero-order valence-corrected chi connectivity index (χ0v) is 16.0. The van der Waals surface area contributed by atoms with Gasteiger partial charge >= 0.3 is 5.97 Å². The molecular weight excluding hydrogens is 312 g/mol. The molecule has 4 aliphatic carbocycles. The molecule has 1 saturated heterocycles. The second kappa shape index (κ2) is 5.12. The van der Waals surface area contributed by atoms with Crippen LogP contribution in [0.25, 0.3) is 0 Å². The zero-order chi connectivity index (χ0) is 17.4. The monoisotopic (exact) mass is 344 g/mol. The summed E-state index contributed by atoms with van der Waals surface area (Å²) in [4.78, 5) is 11.4. The molecule has 0 amide bonds. The second-order valence-corrected chi connectivity index (χ2v) is 10.0. The van der Waals surface area contributed by atoms with E-state index in [1.165, 1.54) is 45.4 Å². The Morgan fingerprint density at radius 1 is 1.16 bits per heavy atom. The number of rotatable bonds is 1. The highest BCUT2D eigenvalue weighted by Crippen LogP contribution is 2.70. The minimum Gasteiger partial charge on any atom is -0.462 e. The largest absolute Gasteiger partial charge is 0.462 e. The van der Waals surface area contributed by atoms with Gasteiger partial charge in [-0.2, -0.15) is 0 Å². The van der Waals surface area contributed by atoms with Crippen LogP contribution in [-0.2, 0) is 14.3 Å². The van der Waals surface area contributed by atoms with Crippen molar-refractivity contribution in [2.24, 2.45) is 28.6 Å². The van der Waals surface area contributed by atoms with Crippen molar-refractivity contribution in [2.75, 3.05) is 6.61 Å². The highest BCUT2D eigenvalue weighted by atomic mass is 16.6. The first-order valence-corrected chi connectivity index (χ1v) is 10.4. The summed E-state index contributed by atoms with van der Waals surface area (Å²) in [6, 6.07) is 0. The van der Waals surface area contributed by atoms with E-state index in [2.05, 4.69) is 19.9 Å². The molecule has 4 fully saturated rings. The van der Waals surface area contributed by atoms with Crippen molar-refractivity contribution < 1.29 is 14.3 Å². The Balaban J connectivity index is 1.42. The predicted molar refractivity (Wildman–Crippen MR) is 95.9 cm³/mol. The number of allylic oxidation sites excluding steroid dienone is 1. The van der Waals surface area contributed by atoms with Crippen LogP contribution >= 0.6 is 0 Å². The van der Waals surface area contributed by atoms with Crippen LogP contribution in [0.15, 0.2) is 11.6 Å². The third-order valence-electron chi connectivity index (χ3n) is 9.17. The standard InChI is InChI=1S/C22H32O3/c1-14(23)25-16-6-9-20(2)15(12-16)4-5-17-18(20)7-10-21(3)19(17)8-11-22(21)13-24-22/h4,16-19H,5-13H2,1-3H3/t16?,17-,18+,19+,20+,21+,22?/m1/s1. The molecule has 0 radical (unpaired) electrons. The molecule has 0 N–H and O–H groups in total. The molecule has 0 bridgehead atoms. The molecule has 0 aromatic carbocycles. The van der Waals surface area contributed by atoms with Gasteiger partial charge in [-0.1, -0.05) is 25.5 Å². The Labute approximate surface area is 151 Å². The van der Waals surface area contributed by atoms with Crippen molar-refractivity contribution in [3.63, 3.8) is 0 Å². The maximum atomic E-state index is 11.4. The molecule has 138 valence electrons. The first-order chi connectivity index (χ1) is 11.9. The van der Waals surface area contributed by atoms with Crippen molar-refractivity contribution in [3.8, 4) is 0 Å². The van der Waals surface area contributed by atoms with Crippen LogP contribution in [0.1, 0.15) is 72.1 Å². The van der Waals surface area contributed by atoms with E-state index in [0.717, 1.165) is 37.2 Å². The summed E-state index contributed by atoms with van der Waals surface area (Å²) in [5.41, 5.74) is 2.59. The van der Waals surface area contributed by atoms with E-state index in [1.807, 2.05) is 0 Å². The molecule has 1 aliphatic heterocycles. The van der Waals surface area contributed by atoms with Crippen molar-refractivity contribution in [1.29, 1.82) is 0 Å². The van der Waals surface area contributed by atoms with E-state index in [-0.39, 0.29) is 17.7 Å². The van der Waals surface area contributed by atoms with E-state index in [4.69, 9.17) is 9.47 Å². The van der Waals surface area contributed by atoms with Crippen LogP contribution in [-0.4, -0.2) is 24.3 Å². The Bertz CT molecular complexity index is 633. The van der Waals surface area contributed by atoms with Crippen LogP contribution < -0.4 is 0 Å². The molecule has 0 aromatic heterocycles. The topological polar surface area (TPSA) is 38.8 Å². The second-order valence-electron chi connectivity index (χ2n) is 10.0. The number of fused-ring (bicyclic) bond motifs is 6. The van der Waals surface area contributed by atoms with Crippen molar-refractivity contribution in [1.82, 2.24) is 0 Å². The van der Waals surface area contributed by atoms with Crippen LogP contribution in [0.4, 0.5) is 0 Å². The van der Waals surface area contributed by atoms with Gasteiger partial charge in [-0.15, -0.1) is 0 Å². The average molecular weight is 344 g/mol. The van der Waals surface area contributed by atoms with E-state index in [9.17, 15) is 4.79 Å². The van der Waals surface area contributed by atoms with Gasteiger partial charge in [0.2, 0.25) is 0 Å². The third-order valence-corrected chi connectivity index (χ3v) is 9.17. The molecule has 3 saturated carbocycles. The number of esters is 1. The van der Waals surface area contributed by atoms with Crippen molar-refractivity contribution in [2.45, 2.75) is 83.8 Å². The fourth-order valence-electron chi connectivity index (χ4n) is 7.62. The van der Waals surface area contributed by atoms with Gasteiger partial charge in [0.05, 0.1) is 12.2 Å². The van der Waals surface area contributed by atoms with Gasteiger partial charge in [-0.3, -0.25) is 4.79 Å². The molecule has 1 heterocycles. The molecule has 25 heavy (non-hydrogen) atoms. The van der Waals surface area contributed by atoms with Crippen LogP contribution in [0.3, 0.4) is 0 Å². The molecule has 5 aliphatic rings. The minimum absolute atomic E-state index is 0.108. The number of carbonyl (C=O) groups is 1. The lowest BCUT2D eigenvalue weighted by Gasteiger charge is -2.57. The molecule has 0 aromatic rings. The van der Waals surface area contributed by atoms with Gasteiger partial charge in [0.1, 0.15) is 6.10 Å². The van der Waals surface area contributed by atoms with E-state index < -0.39 is 0 Å². The quantitative estimate of drug-likeness (QED) is 0.395. The highest BCUT2D eigenvalue weighted by molar-refractivity contribution is 5.66. The molecule has 2 unspecified atom stereocenters. The normalized spacial score (nSPS) is 53.5. The fourth-order valence-corrected chi connectivity index (χ4v) is 7.62. The maximum Gasteiger partial charge on any atom is 0.302 e. The number of epoxide rings is 1. The summed E-state index contributed by atoms with van der Waals surface area (Å²) in [6.45, 7) is 7.60. The first-order valence-electron chi connectivity index (χ1n) is 10.4. The van der Waals surface area contributed by atoms with E-state index in [0.29, 0.717) is 10.8 Å². The third kappa shape index (κ3) is 2.11. The van der Waals surface area contributed by atoms with E-state index >= 15 is 0 Å². The number of ether oxygens (including phenoxy) is 2. The summed E-state index contributed by atoms with van der Waals surface area (Å²) >= 11 is 0. The fraction of sp³-hybridized carbons (Fsp3) is 0.864. The lowest BCUT2D eigenvalue weighted by atomic mass is 9.47. The van der Waals surface area contributed by atoms with Gasteiger partial charge in [0.15, 0.2) is 0 Å². The summed E-state index contributed by atoms with van der Waals surface area (Å²) < 4.78 is 11.6. The molecule has 7 atom stereocenters. The number of carbonyl (C=O) groups excluding carboxylic acids is 1. The Morgan fingerprint density at radius 2 is 1.92 bits per heavy atom. The zero-order valence-electron chi connectivity index (χ0n) is 16.0. The van der Waals surface area contributed by atoms with Crippen LogP contribution in [0, 0.1) is 28.6 Å². The molecular formula is C22H32O3. The van der Waals surface area contributed by atoms with Gasteiger partial charge in [0.25, 0.3) is 0 Å². The number of hydrogen-bond donors (Lipinski definition) is 0. The summed E-state index contributed by atoms with van der Waals surface area (Å²) in [6.07, 6.45) is 12.4. The molecule has 3 heteroatoms. The smallest absolute Gasteiger partial charge is 0.302 e. The molecule has 3 nitrogen and oxygen atoms in total. The molecule has 1 spiro atoms. The molecule has 5 rings (SSSR count). The summed E-state index contributed by atoms with van der Waals surface area (Å²) in [5, 5.41) is 0. The summed E-state index contributed by atoms with van der Waals surface area (Å²) in [7, 11) is 0. The Kier molecular flexibility index (Phi) is 3.35. The first kappa shape index (κ1) is 16.4. The summed E-state index contributed by atoms with van der Waals surface area (Å²) in [5.74, 6) is 2.37. The number of hydrogen-bond acceptors (Lipinski definition) is 3. The van der Waals surface area contributed by atoms with Gasteiger partial charge in [0, 0.05) is 18.8 Å². The van der Waals surface area contributed by atoms with Gasteiger partial charge in [-0.25, -0.2) is 0 Å². The van der Waals surface area contributed by atoms with Gasteiger partial charge < -0.3 is 9.47 Å². The van der Waals surface area contributed by atoms with Crippen molar-refractivity contribution >= 4 is 5.97 Å². The lowest BCUT2D eigenvalue weighted by Crippen LogP contribution is -2.52. The Hall–Kier alpha value is -0.830.